The summed E-state index contributed by atoms with van der Waals surface area (Å²) in [7, 11) is -11.9. The fraction of sp³-hybridized carbons (Fsp3) is 0.909. The lowest BCUT2D eigenvalue weighted by Gasteiger charge is -2.29. The molecule has 0 aliphatic rings. The van der Waals surface area contributed by atoms with Gasteiger partial charge in [-0.05, 0) is 6.42 Å². The van der Waals surface area contributed by atoms with Gasteiger partial charge in [0, 0.05) is 0 Å². The minimum absolute atomic E-state index is 0.103. The van der Waals surface area contributed by atoms with Crippen LogP contribution in [0.25, 0.3) is 0 Å². The monoisotopic (exact) mass is 529 g/mol. The molecule has 5 N–H and O–H groups in total. The molecule has 0 aliphatic heterocycles. The number of unbranched alkanes of at least 4 members (excludes halogenated alkanes) is 15. The number of aliphatic carboxylic acids is 1. The zero-order chi connectivity index (χ0) is 26.3. The lowest BCUT2D eigenvalue weighted by atomic mass is 9.95. The van der Waals surface area contributed by atoms with E-state index in [-0.39, 0.29) is 6.42 Å². The Kier molecular flexibility index (Phi) is 15.8. The van der Waals surface area contributed by atoms with E-state index >= 15 is 0 Å². The van der Waals surface area contributed by atoms with Crippen molar-refractivity contribution in [3.8, 4) is 0 Å². The number of carboxylic acids is 1. The van der Waals surface area contributed by atoms with Crippen LogP contribution in [-0.4, -0.2) is 47.0 Å². The third-order valence-corrected chi connectivity index (χ3v) is 9.93. The fourth-order valence-electron chi connectivity index (χ4n) is 4.28. The van der Waals surface area contributed by atoms with Crippen molar-refractivity contribution >= 4 is 32.1 Å². The predicted molar refractivity (Wildman–Crippen MR) is 130 cm³/mol. The summed E-state index contributed by atoms with van der Waals surface area (Å²) in [6, 6.07) is 0. The van der Waals surface area contributed by atoms with Gasteiger partial charge in [0.1, 0.15) is 0 Å². The van der Waals surface area contributed by atoms with E-state index in [0.717, 1.165) is 32.1 Å². The molecule has 0 aliphatic carbocycles. The number of carbonyl (C=O) groups excluding carboxylic acids is 1. The van der Waals surface area contributed by atoms with E-state index in [1.807, 2.05) is 0 Å². The number of carbonyl (C=O) groups is 2. The Bertz CT molecular complexity index is 778. The third kappa shape index (κ3) is 10.6. The molecule has 0 aromatic heterocycles. The van der Waals surface area contributed by atoms with Crippen LogP contribution in [0.5, 0.6) is 0 Å². The Morgan fingerprint density at radius 2 is 0.971 bits per heavy atom. The highest BCUT2D eigenvalue weighted by Crippen LogP contribution is 2.36. The molecule has 0 radical (unpaired) electrons. The Hall–Kier alpha value is -1.24. The van der Waals surface area contributed by atoms with Crippen LogP contribution in [0.3, 0.4) is 0 Å². The topological polar surface area (TPSA) is 189 Å². The highest BCUT2D eigenvalue weighted by Gasteiger charge is 2.68. The maximum absolute atomic E-state index is 11.7. The van der Waals surface area contributed by atoms with Gasteiger partial charge in [-0.15, -0.1) is 0 Å². The van der Waals surface area contributed by atoms with Crippen LogP contribution in [0.15, 0.2) is 0 Å². The summed E-state index contributed by atoms with van der Waals surface area (Å²) in [4.78, 5) is 23.3. The molecular formula is C22H43NO9S2. The molecule has 1 unspecified atom stereocenters. The van der Waals surface area contributed by atoms with Gasteiger partial charge < -0.3 is 10.8 Å². The number of carboxylic acid groups (broad SMARTS) is 1. The maximum Gasteiger partial charge on any atom is 0.346 e. The van der Waals surface area contributed by atoms with Crippen LogP contribution in [0.4, 0.5) is 0 Å². The summed E-state index contributed by atoms with van der Waals surface area (Å²) >= 11 is 0. The molecule has 12 heteroatoms. The van der Waals surface area contributed by atoms with Gasteiger partial charge in [-0.25, -0.2) is 4.79 Å². The van der Waals surface area contributed by atoms with Crippen LogP contribution < -0.4 is 5.73 Å². The summed E-state index contributed by atoms with van der Waals surface area (Å²) < 4.78 is 61.3. The number of hydrogen-bond donors (Lipinski definition) is 4. The zero-order valence-electron chi connectivity index (χ0n) is 20.3. The molecule has 0 saturated carbocycles. The molecule has 0 aromatic carbocycles. The number of amides is 1. The molecule has 0 aromatic rings. The molecule has 0 heterocycles. The standard InChI is InChI=1S/C22H43NO9S2/c1-2-3-4-5-6-7-8-9-10-11-12-13-14-15-16-17-18-19(20(23)24)22(21(25)26,33(27,28)29)34(30,31)32/h19H,2-18H2,1H3,(H2,23,24)(H,25,26)(H,27,28,29)(H,30,31,32). The normalized spacial score (nSPS) is 13.6. The van der Waals surface area contributed by atoms with Gasteiger partial charge in [0.05, 0.1) is 5.92 Å². The fourth-order valence-corrected chi connectivity index (χ4v) is 6.97. The third-order valence-electron chi connectivity index (χ3n) is 6.21. The van der Waals surface area contributed by atoms with Crippen LogP contribution in [0.1, 0.15) is 116 Å². The van der Waals surface area contributed by atoms with Gasteiger partial charge in [-0.2, -0.15) is 16.8 Å². The number of primary amides is 1. The van der Waals surface area contributed by atoms with E-state index in [9.17, 15) is 40.6 Å². The summed E-state index contributed by atoms with van der Waals surface area (Å²) in [5, 5.41) is 9.26. The van der Waals surface area contributed by atoms with Gasteiger partial charge in [-0.3, -0.25) is 13.9 Å². The quantitative estimate of drug-likeness (QED) is 0.117. The largest absolute Gasteiger partial charge is 0.479 e. The van der Waals surface area contributed by atoms with Gasteiger partial charge in [-0.1, -0.05) is 110 Å². The number of rotatable bonds is 22. The Morgan fingerprint density at radius 3 is 1.21 bits per heavy atom. The van der Waals surface area contributed by atoms with Crippen molar-refractivity contribution in [1.29, 1.82) is 0 Å². The molecule has 1 amide bonds. The maximum atomic E-state index is 11.7. The van der Waals surface area contributed by atoms with Gasteiger partial charge in [0.15, 0.2) is 0 Å². The van der Waals surface area contributed by atoms with Crippen molar-refractivity contribution in [3.63, 3.8) is 0 Å². The summed E-state index contributed by atoms with van der Waals surface area (Å²) in [6.45, 7) is 2.21. The van der Waals surface area contributed by atoms with E-state index < -0.39 is 48.5 Å². The van der Waals surface area contributed by atoms with Crippen molar-refractivity contribution in [3.05, 3.63) is 0 Å². The minimum atomic E-state index is -5.94. The number of nitrogens with two attached hydrogens (primary N) is 1. The second-order valence-corrected chi connectivity index (χ2v) is 12.4. The average Bonchev–Trinajstić information content (AvgIpc) is 2.70. The Balaban J connectivity index is 4.31. The molecule has 0 saturated heterocycles. The second kappa shape index (κ2) is 16.4. The SMILES string of the molecule is CCCCCCCCCCCCCCCCCCC(C(N)=O)C(C(=O)O)(S(=O)(=O)O)S(=O)(=O)O. The first kappa shape index (κ1) is 32.8. The molecule has 0 bridgehead atoms. The van der Waals surface area contributed by atoms with E-state index in [4.69, 9.17) is 5.73 Å². The molecule has 0 spiro atoms. The molecule has 0 fully saturated rings. The van der Waals surface area contributed by atoms with Crippen molar-refractivity contribution in [2.45, 2.75) is 120 Å². The predicted octanol–water partition coefficient (Wildman–Crippen LogP) is 4.30. The number of hydrogen-bond acceptors (Lipinski definition) is 6. The van der Waals surface area contributed by atoms with Crippen molar-refractivity contribution in [1.82, 2.24) is 0 Å². The Labute approximate surface area is 204 Å². The van der Waals surface area contributed by atoms with Crippen molar-refractivity contribution in [2.24, 2.45) is 11.7 Å². The minimum Gasteiger partial charge on any atom is -0.479 e. The van der Waals surface area contributed by atoms with Crippen LogP contribution in [0.2, 0.25) is 0 Å². The Morgan fingerprint density at radius 1 is 0.676 bits per heavy atom. The van der Waals surface area contributed by atoms with E-state index in [0.29, 0.717) is 6.42 Å². The summed E-state index contributed by atoms with van der Waals surface area (Å²) in [5.41, 5.74) is 5.07. The summed E-state index contributed by atoms with van der Waals surface area (Å²) in [6.07, 6.45) is 16.5. The molecule has 1 atom stereocenters. The van der Waals surface area contributed by atoms with Crippen molar-refractivity contribution in [2.75, 3.05) is 0 Å². The van der Waals surface area contributed by atoms with Crippen LogP contribution >= 0.6 is 0 Å². The van der Waals surface area contributed by atoms with E-state index in [1.54, 1.807) is 0 Å². The first-order valence-electron chi connectivity index (χ1n) is 12.3. The van der Waals surface area contributed by atoms with E-state index in [1.165, 1.54) is 57.8 Å². The zero-order valence-corrected chi connectivity index (χ0v) is 21.9. The molecule has 34 heavy (non-hydrogen) atoms. The molecule has 202 valence electrons. The van der Waals surface area contributed by atoms with Gasteiger partial charge >= 0.3 is 10.0 Å². The molecule has 10 nitrogen and oxygen atoms in total. The van der Waals surface area contributed by atoms with E-state index in [2.05, 4.69) is 6.92 Å². The second-order valence-electron chi connectivity index (χ2n) is 8.97. The summed E-state index contributed by atoms with van der Waals surface area (Å²) in [5.74, 6) is -6.49. The van der Waals surface area contributed by atoms with Crippen molar-refractivity contribution < 1.29 is 40.6 Å². The van der Waals surface area contributed by atoms with Gasteiger partial charge in [0.25, 0.3) is 20.2 Å². The first-order chi connectivity index (χ1) is 15.8. The van der Waals surface area contributed by atoms with Gasteiger partial charge in [0.2, 0.25) is 5.91 Å². The van der Waals surface area contributed by atoms with Crippen LogP contribution in [-0.2, 0) is 29.8 Å². The highest BCUT2D eigenvalue weighted by molar-refractivity contribution is 8.06. The smallest absolute Gasteiger partial charge is 0.346 e. The average molecular weight is 530 g/mol. The molecular weight excluding hydrogens is 486 g/mol. The van der Waals surface area contributed by atoms with Crippen LogP contribution in [0, 0.1) is 5.92 Å². The highest BCUT2D eigenvalue weighted by atomic mass is 32.3. The lowest BCUT2D eigenvalue weighted by molar-refractivity contribution is -0.142. The lowest BCUT2D eigenvalue weighted by Crippen LogP contribution is -2.61. The molecule has 0 rings (SSSR count). The first-order valence-corrected chi connectivity index (χ1v) is 15.2.